The zero-order chi connectivity index (χ0) is 20.4. The number of ether oxygens (including phenoxy) is 1. The van der Waals surface area contributed by atoms with E-state index in [0.29, 0.717) is 38.8 Å². The van der Waals surface area contributed by atoms with Crippen molar-refractivity contribution >= 4 is 24.2 Å². The molecule has 1 aliphatic heterocycles. The fourth-order valence-corrected chi connectivity index (χ4v) is 3.02. The van der Waals surface area contributed by atoms with Gasteiger partial charge in [-0.05, 0) is 31.2 Å². The van der Waals surface area contributed by atoms with Crippen molar-refractivity contribution in [2.45, 2.75) is 44.4 Å². The molecule has 28 heavy (non-hydrogen) atoms. The minimum Gasteiger partial charge on any atom is -0.445 e. The van der Waals surface area contributed by atoms with Gasteiger partial charge >= 0.3 is 6.09 Å². The van der Waals surface area contributed by atoms with Crippen molar-refractivity contribution in [1.82, 2.24) is 15.5 Å². The number of nitrogens with one attached hydrogen (secondary N) is 3. The van der Waals surface area contributed by atoms with Crippen LogP contribution in [0.4, 0.5) is 4.79 Å². The standard InChI is InChI=1S/C19H26N5O4/c20-18(21)22-10-4-8-15(12-25)23-17(26)16-9-5-11-24(16)19(27)28-13-14-6-2-1-3-7-14/h1-3,6-7,15-16H,4-5,8-11,13H2,(H,23,26)(H4,20,21,22). The van der Waals surface area contributed by atoms with Gasteiger partial charge in [-0.25, -0.2) is 4.79 Å². The maximum absolute atomic E-state index is 12.5. The number of benzene rings is 1. The third kappa shape index (κ3) is 6.57. The monoisotopic (exact) mass is 388 g/mol. The summed E-state index contributed by atoms with van der Waals surface area (Å²) in [6.45, 7) is 0.993. The molecule has 0 spiro atoms. The molecule has 1 aliphatic rings. The molecule has 1 saturated heterocycles. The molecule has 2 atom stereocenters. The van der Waals surface area contributed by atoms with Crippen LogP contribution in [0.5, 0.6) is 0 Å². The molecule has 1 aromatic carbocycles. The Morgan fingerprint density at radius 2 is 2.11 bits per heavy atom. The van der Waals surface area contributed by atoms with Gasteiger partial charge in [0.25, 0.3) is 0 Å². The molecule has 1 heterocycles. The van der Waals surface area contributed by atoms with E-state index in [9.17, 15) is 14.4 Å². The third-order valence-corrected chi connectivity index (χ3v) is 4.44. The van der Waals surface area contributed by atoms with Crippen molar-refractivity contribution in [1.29, 1.82) is 5.41 Å². The van der Waals surface area contributed by atoms with E-state index in [4.69, 9.17) is 15.9 Å². The summed E-state index contributed by atoms with van der Waals surface area (Å²) in [6, 6.07) is 7.87. The van der Waals surface area contributed by atoms with Gasteiger partial charge in [0.2, 0.25) is 12.2 Å². The first-order chi connectivity index (χ1) is 13.5. The first-order valence-corrected chi connectivity index (χ1v) is 9.24. The number of likely N-dealkylation sites (tertiary alicyclic amines) is 1. The highest BCUT2D eigenvalue weighted by Crippen LogP contribution is 2.19. The van der Waals surface area contributed by atoms with Crippen molar-refractivity contribution < 1.29 is 19.1 Å². The second kappa shape index (κ2) is 10.9. The first kappa shape index (κ1) is 21.2. The molecule has 9 heteroatoms. The number of hydrogen-bond donors (Lipinski definition) is 4. The lowest BCUT2D eigenvalue weighted by Crippen LogP contribution is -2.49. The summed E-state index contributed by atoms with van der Waals surface area (Å²) in [4.78, 5) is 37.4. The predicted molar refractivity (Wildman–Crippen MR) is 103 cm³/mol. The smallest absolute Gasteiger partial charge is 0.410 e. The van der Waals surface area contributed by atoms with Gasteiger partial charge in [-0.3, -0.25) is 19.9 Å². The second-order valence-corrected chi connectivity index (χ2v) is 6.55. The van der Waals surface area contributed by atoms with Gasteiger partial charge < -0.3 is 21.1 Å². The van der Waals surface area contributed by atoms with Crippen LogP contribution in [0.3, 0.4) is 0 Å². The van der Waals surface area contributed by atoms with E-state index in [-0.39, 0.29) is 18.5 Å². The molecule has 0 aliphatic carbocycles. The normalized spacial score (nSPS) is 16.9. The summed E-state index contributed by atoms with van der Waals surface area (Å²) in [5.74, 6) is -0.534. The second-order valence-electron chi connectivity index (χ2n) is 6.55. The van der Waals surface area contributed by atoms with Crippen LogP contribution >= 0.6 is 0 Å². The third-order valence-electron chi connectivity index (χ3n) is 4.44. The van der Waals surface area contributed by atoms with Crippen LogP contribution in [0.15, 0.2) is 30.3 Å². The van der Waals surface area contributed by atoms with E-state index in [1.165, 1.54) is 4.90 Å². The molecule has 1 fully saturated rings. The van der Waals surface area contributed by atoms with E-state index in [1.807, 2.05) is 30.3 Å². The van der Waals surface area contributed by atoms with Crippen LogP contribution in [0.2, 0.25) is 0 Å². The SMILES string of the molecule is N=C(N)NCCCC([C]=O)NC(=O)C1CCCN1C(=O)OCc1ccccc1. The molecule has 2 rings (SSSR count). The highest BCUT2D eigenvalue weighted by molar-refractivity contribution is 5.88. The fourth-order valence-electron chi connectivity index (χ4n) is 3.02. The number of nitrogens with two attached hydrogens (primary N) is 1. The molecule has 1 aromatic rings. The number of guanidine groups is 1. The average molecular weight is 388 g/mol. The van der Waals surface area contributed by atoms with Crippen molar-refractivity contribution in [3.05, 3.63) is 35.9 Å². The molecule has 0 saturated carbocycles. The van der Waals surface area contributed by atoms with Crippen LogP contribution in [0, 0.1) is 5.41 Å². The zero-order valence-electron chi connectivity index (χ0n) is 15.6. The lowest BCUT2D eigenvalue weighted by atomic mass is 10.1. The van der Waals surface area contributed by atoms with Crippen LogP contribution in [0.1, 0.15) is 31.2 Å². The van der Waals surface area contributed by atoms with E-state index in [1.54, 1.807) is 6.29 Å². The summed E-state index contributed by atoms with van der Waals surface area (Å²) >= 11 is 0. The molecule has 1 radical (unpaired) electrons. The van der Waals surface area contributed by atoms with Crippen LogP contribution in [-0.4, -0.2) is 54.3 Å². The highest BCUT2D eigenvalue weighted by Gasteiger charge is 2.35. The minimum absolute atomic E-state index is 0.137. The van der Waals surface area contributed by atoms with Gasteiger partial charge in [0.1, 0.15) is 12.6 Å². The van der Waals surface area contributed by atoms with Crippen molar-refractivity contribution in [3.63, 3.8) is 0 Å². The topological polar surface area (TPSA) is 138 Å². The van der Waals surface area contributed by atoms with E-state index in [0.717, 1.165) is 5.56 Å². The van der Waals surface area contributed by atoms with E-state index in [2.05, 4.69) is 10.6 Å². The molecule has 0 aromatic heterocycles. The number of rotatable bonds is 9. The quantitative estimate of drug-likeness (QED) is 0.278. The molecule has 0 bridgehead atoms. The highest BCUT2D eigenvalue weighted by atomic mass is 16.6. The summed E-state index contributed by atoms with van der Waals surface area (Å²) in [6.07, 6.45) is 3.37. The predicted octanol–water partition coefficient (Wildman–Crippen LogP) is 0.645. The van der Waals surface area contributed by atoms with Gasteiger partial charge in [-0.1, -0.05) is 30.3 Å². The summed E-state index contributed by atoms with van der Waals surface area (Å²) in [7, 11) is 0. The van der Waals surface area contributed by atoms with Crippen molar-refractivity contribution in [2.24, 2.45) is 5.73 Å². The minimum atomic E-state index is -0.774. The number of amides is 2. The Labute approximate surface area is 164 Å². The number of nitrogens with zero attached hydrogens (tertiary/aromatic N) is 1. The lowest BCUT2D eigenvalue weighted by molar-refractivity contribution is -0.125. The van der Waals surface area contributed by atoms with Gasteiger partial charge in [0.05, 0.1) is 6.04 Å². The Morgan fingerprint density at radius 3 is 2.79 bits per heavy atom. The molecule has 9 nitrogen and oxygen atoms in total. The number of carbonyl (C=O) groups excluding carboxylic acids is 3. The van der Waals surface area contributed by atoms with E-state index >= 15 is 0 Å². The van der Waals surface area contributed by atoms with Crippen LogP contribution < -0.4 is 16.4 Å². The first-order valence-electron chi connectivity index (χ1n) is 9.24. The van der Waals surface area contributed by atoms with Gasteiger partial charge in [-0.2, -0.15) is 0 Å². The van der Waals surface area contributed by atoms with Gasteiger partial charge in [0.15, 0.2) is 5.96 Å². The molecule has 151 valence electrons. The lowest BCUT2D eigenvalue weighted by Gasteiger charge is -2.24. The van der Waals surface area contributed by atoms with Gasteiger partial charge in [-0.15, -0.1) is 0 Å². The fraction of sp³-hybridized carbons (Fsp3) is 0.474. The summed E-state index contributed by atoms with van der Waals surface area (Å²) in [5, 5.41) is 12.3. The Kier molecular flexibility index (Phi) is 8.26. The average Bonchev–Trinajstić information content (AvgIpc) is 3.19. The zero-order valence-corrected chi connectivity index (χ0v) is 15.6. The maximum atomic E-state index is 12.5. The Balaban J connectivity index is 1.82. The van der Waals surface area contributed by atoms with Crippen LogP contribution in [0.25, 0.3) is 0 Å². The molecule has 2 unspecified atom stereocenters. The molecular formula is C19H26N5O4. The number of carbonyl (C=O) groups is 2. The Morgan fingerprint density at radius 1 is 1.36 bits per heavy atom. The molecular weight excluding hydrogens is 362 g/mol. The van der Waals surface area contributed by atoms with Crippen molar-refractivity contribution in [2.75, 3.05) is 13.1 Å². The number of hydrogen-bond acceptors (Lipinski definition) is 5. The van der Waals surface area contributed by atoms with Gasteiger partial charge in [0, 0.05) is 13.1 Å². The maximum Gasteiger partial charge on any atom is 0.410 e. The molecule has 5 N–H and O–H groups in total. The Hall–Kier alpha value is -3.10. The summed E-state index contributed by atoms with van der Waals surface area (Å²) < 4.78 is 5.32. The summed E-state index contributed by atoms with van der Waals surface area (Å²) in [5.41, 5.74) is 6.05. The van der Waals surface area contributed by atoms with Crippen LogP contribution in [-0.2, 0) is 20.9 Å². The van der Waals surface area contributed by atoms with Crippen molar-refractivity contribution in [3.8, 4) is 0 Å². The Bertz CT molecular complexity index is 682. The molecule has 2 amide bonds. The largest absolute Gasteiger partial charge is 0.445 e. The van der Waals surface area contributed by atoms with E-state index < -0.39 is 18.2 Å².